The van der Waals surface area contributed by atoms with E-state index in [1.165, 1.54) is 6.92 Å². The van der Waals surface area contributed by atoms with Crippen molar-refractivity contribution >= 4 is 24.8 Å². The van der Waals surface area contributed by atoms with Crippen molar-refractivity contribution in [2.45, 2.75) is 6.92 Å². The molecule has 0 atom stereocenters. The molecule has 8 heteroatoms. The third-order valence-electron chi connectivity index (χ3n) is 1.87. The van der Waals surface area contributed by atoms with Crippen LogP contribution in [0.25, 0.3) is 0 Å². The molecular formula is C7H9NO5S2. The van der Waals surface area contributed by atoms with E-state index in [2.05, 4.69) is 0 Å². The molecule has 1 heterocycles. The Balaban J connectivity index is 3.32. The van der Waals surface area contributed by atoms with Crippen LogP contribution in [-0.4, -0.2) is 27.7 Å². The van der Waals surface area contributed by atoms with E-state index in [1.807, 2.05) is 0 Å². The monoisotopic (exact) mass is 251 g/mol. The molecule has 0 bridgehead atoms. The maximum absolute atomic E-state index is 11.4. The number of hydrogen-bond donors (Lipinski definition) is 1. The van der Waals surface area contributed by atoms with Gasteiger partial charge in [-0.2, -0.15) is 0 Å². The number of carbonyl (C=O) groups excluding carboxylic acids is 1. The summed E-state index contributed by atoms with van der Waals surface area (Å²) in [7, 11) is -7.75. The van der Waals surface area contributed by atoms with E-state index < -0.39 is 41.1 Å². The van der Waals surface area contributed by atoms with Crippen molar-refractivity contribution in [3.05, 3.63) is 22.1 Å². The van der Waals surface area contributed by atoms with Gasteiger partial charge in [-0.1, -0.05) is 6.92 Å². The molecule has 2 N–H and O–H groups in total. The quantitative estimate of drug-likeness (QED) is 0.678. The predicted molar refractivity (Wildman–Crippen MR) is 53.7 cm³/mol. The average Bonchev–Trinajstić information content (AvgIpc) is 2.41. The van der Waals surface area contributed by atoms with Gasteiger partial charge < -0.3 is 5.73 Å². The van der Waals surface area contributed by atoms with E-state index in [9.17, 15) is 21.6 Å². The SMILES string of the molecule is CCS(=O)(=O)C(=O)C1=C(N)S(=O)(=O)C=C1. The van der Waals surface area contributed by atoms with Gasteiger partial charge in [0.25, 0.3) is 5.12 Å². The van der Waals surface area contributed by atoms with Gasteiger partial charge in [0.2, 0.25) is 19.7 Å². The maximum Gasteiger partial charge on any atom is 0.279 e. The number of sulfone groups is 2. The van der Waals surface area contributed by atoms with Crippen molar-refractivity contribution in [3.8, 4) is 0 Å². The second kappa shape index (κ2) is 3.46. The largest absolute Gasteiger partial charge is 0.389 e. The molecule has 0 unspecified atom stereocenters. The predicted octanol–water partition coefficient (Wildman–Crippen LogP) is -0.940. The smallest absolute Gasteiger partial charge is 0.279 e. The van der Waals surface area contributed by atoms with Crippen LogP contribution in [0.1, 0.15) is 6.92 Å². The van der Waals surface area contributed by atoms with Crippen LogP contribution in [0.3, 0.4) is 0 Å². The van der Waals surface area contributed by atoms with Gasteiger partial charge in [-0.25, -0.2) is 16.8 Å². The molecule has 0 aromatic heterocycles. The number of rotatable bonds is 2. The average molecular weight is 251 g/mol. The summed E-state index contributed by atoms with van der Waals surface area (Å²) in [4.78, 5) is 11.4. The summed E-state index contributed by atoms with van der Waals surface area (Å²) in [5.41, 5.74) is 4.68. The minimum absolute atomic E-state index is 0.392. The van der Waals surface area contributed by atoms with Crippen molar-refractivity contribution < 1.29 is 21.6 Å². The van der Waals surface area contributed by atoms with E-state index in [1.54, 1.807) is 0 Å². The topological polar surface area (TPSA) is 111 Å². The molecule has 0 spiro atoms. The minimum atomic E-state index is -3.96. The summed E-state index contributed by atoms with van der Waals surface area (Å²) >= 11 is 0. The highest BCUT2D eigenvalue weighted by atomic mass is 32.2. The lowest BCUT2D eigenvalue weighted by atomic mass is 10.3. The molecule has 0 fully saturated rings. The summed E-state index contributed by atoms with van der Waals surface area (Å²) in [6.45, 7) is 1.29. The Labute approximate surface area is 87.3 Å². The fourth-order valence-electron chi connectivity index (χ4n) is 0.934. The van der Waals surface area contributed by atoms with Crippen LogP contribution in [0.15, 0.2) is 22.1 Å². The Hall–Kier alpha value is -1.15. The second-order valence-electron chi connectivity index (χ2n) is 2.82. The fraction of sp³-hybridized carbons (Fsp3) is 0.286. The molecule has 0 aromatic carbocycles. The first-order chi connectivity index (χ1) is 6.72. The standard InChI is InChI=1S/C7H9NO5S2/c1-2-14(10,11)7(9)5-3-4-15(12,13)6(5)8/h3-4H,2,8H2,1H3. The highest BCUT2D eigenvalue weighted by Gasteiger charge is 2.31. The van der Waals surface area contributed by atoms with Crippen molar-refractivity contribution in [2.75, 3.05) is 5.75 Å². The lowest BCUT2D eigenvalue weighted by Crippen LogP contribution is -2.21. The van der Waals surface area contributed by atoms with Crippen LogP contribution >= 0.6 is 0 Å². The number of allylic oxidation sites excluding steroid dienone is 1. The van der Waals surface area contributed by atoms with E-state index in [-0.39, 0.29) is 0 Å². The van der Waals surface area contributed by atoms with Crippen molar-refractivity contribution in [1.29, 1.82) is 0 Å². The zero-order valence-corrected chi connectivity index (χ0v) is 9.43. The van der Waals surface area contributed by atoms with Gasteiger partial charge in [-0.15, -0.1) is 0 Å². The number of hydrogen-bond acceptors (Lipinski definition) is 6. The van der Waals surface area contributed by atoms with Crippen LogP contribution in [0, 0.1) is 0 Å². The van der Waals surface area contributed by atoms with Crippen LogP contribution in [0.5, 0.6) is 0 Å². The van der Waals surface area contributed by atoms with Crippen LogP contribution in [0.4, 0.5) is 0 Å². The molecule has 1 aliphatic rings. The Morgan fingerprint density at radius 3 is 2.33 bits per heavy atom. The Bertz CT molecular complexity index is 565. The van der Waals surface area contributed by atoms with E-state index in [0.717, 1.165) is 6.08 Å². The number of carbonyl (C=O) groups is 1. The molecule has 0 radical (unpaired) electrons. The van der Waals surface area contributed by atoms with E-state index in [0.29, 0.717) is 5.41 Å². The molecular weight excluding hydrogens is 242 g/mol. The van der Waals surface area contributed by atoms with E-state index in [4.69, 9.17) is 5.73 Å². The summed E-state index contributed by atoms with van der Waals surface area (Å²) < 4.78 is 44.5. The highest BCUT2D eigenvalue weighted by molar-refractivity contribution is 8.06. The van der Waals surface area contributed by atoms with Crippen molar-refractivity contribution in [3.63, 3.8) is 0 Å². The summed E-state index contributed by atoms with van der Waals surface area (Å²) in [6, 6.07) is 0. The molecule has 6 nitrogen and oxygen atoms in total. The molecule has 15 heavy (non-hydrogen) atoms. The van der Waals surface area contributed by atoms with Crippen LogP contribution in [0.2, 0.25) is 0 Å². The van der Waals surface area contributed by atoms with Gasteiger partial charge in [0.15, 0.2) is 0 Å². The fourth-order valence-corrected chi connectivity index (χ4v) is 2.70. The third kappa shape index (κ3) is 1.95. The highest BCUT2D eigenvalue weighted by Crippen LogP contribution is 2.21. The Morgan fingerprint density at radius 1 is 1.47 bits per heavy atom. The zero-order chi connectivity index (χ0) is 11.9. The van der Waals surface area contributed by atoms with Gasteiger partial charge in [0.1, 0.15) is 5.03 Å². The van der Waals surface area contributed by atoms with Gasteiger partial charge in [-0.05, 0) is 6.08 Å². The molecule has 1 aliphatic heterocycles. The van der Waals surface area contributed by atoms with Crippen molar-refractivity contribution in [1.82, 2.24) is 0 Å². The summed E-state index contributed by atoms with van der Waals surface area (Å²) in [6.07, 6.45) is 0.903. The maximum atomic E-state index is 11.4. The van der Waals surface area contributed by atoms with Gasteiger partial charge >= 0.3 is 0 Å². The number of nitrogens with two attached hydrogens (primary N) is 1. The lowest BCUT2D eigenvalue weighted by molar-refractivity contribution is -0.108. The van der Waals surface area contributed by atoms with Gasteiger partial charge in [0.05, 0.1) is 11.3 Å². The first kappa shape index (κ1) is 11.9. The molecule has 0 aliphatic carbocycles. The summed E-state index contributed by atoms with van der Waals surface area (Å²) in [5, 5.41) is -1.25. The normalized spacial score (nSPS) is 19.5. The second-order valence-corrected chi connectivity index (χ2v) is 6.80. The molecule has 1 rings (SSSR count). The van der Waals surface area contributed by atoms with Gasteiger partial charge in [0, 0.05) is 5.41 Å². The van der Waals surface area contributed by atoms with Crippen LogP contribution < -0.4 is 5.73 Å². The van der Waals surface area contributed by atoms with E-state index >= 15 is 0 Å². The van der Waals surface area contributed by atoms with Crippen LogP contribution in [-0.2, 0) is 24.5 Å². The zero-order valence-electron chi connectivity index (χ0n) is 7.80. The van der Waals surface area contributed by atoms with Gasteiger partial charge in [-0.3, -0.25) is 4.79 Å². The Kier molecular flexibility index (Phi) is 2.75. The lowest BCUT2D eigenvalue weighted by Gasteiger charge is -2.00. The molecule has 0 aromatic rings. The minimum Gasteiger partial charge on any atom is -0.389 e. The Morgan fingerprint density at radius 2 is 2.00 bits per heavy atom. The summed E-state index contributed by atoms with van der Waals surface area (Å²) in [5.74, 6) is -0.392. The van der Waals surface area contributed by atoms with Crippen molar-refractivity contribution in [2.24, 2.45) is 5.73 Å². The third-order valence-corrected chi connectivity index (χ3v) is 4.74. The molecule has 84 valence electrons. The first-order valence-corrected chi connectivity index (χ1v) is 7.12. The molecule has 0 saturated heterocycles. The molecule has 0 saturated carbocycles. The first-order valence-electron chi connectivity index (χ1n) is 3.92. The molecule has 0 amide bonds.